The molecule has 116 valence electrons. The zero-order valence-corrected chi connectivity index (χ0v) is 12.7. The normalized spacial score (nSPS) is 11.9. The molecule has 2 N–H and O–H groups in total. The van der Waals surface area contributed by atoms with Gasteiger partial charge in [0.15, 0.2) is 11.4 Å². The van der Waals surface area contributed by atoms with Gasteiger partial charge < -0.3 is 10.4 Å². The zero-order valence-electron chi connectivity index (χ0n) is 12.7. The summed E-state index contributed by atoms with van der Waals surface area (Å²) in [5.74, 6) is -0.555. The van der Waals surface area contributed by atoms with E-state index < -0.39 is 5.91 Å². The van der Waals surface area contributed by atoms with E-state index in [0.29, 0.717) is 0 Å². The van der Waals surface area contributed by atoms with E-state index in [1.807, 2.05) is 67.6 Å². The first-order chi connectivity index (χ1) is 11.1. The third-order valence-electron chi connectivity index (χ3n) is 3.58. The molecular formula is C18H17N3O2. The van der Waals surface area contributed by atoms with Crippen molar-refractivity contribution in [2.45, 2.75) is 13.0 Å². The van der Waals surface area contributed by atoms with Crippen LogP contribution in [0.15, 0.2) is 66.9 Å². The monoisotopic (exact) mass is 307 g/mol. The molecule has 5 nitrogen and oxygen atoms in total. The Balaban J connectivity index is 1.79. The van der Waals surface area contributed by atoms with Gasteiger partial charge in [0.05, 0.1) is 17.9 Å². The fraction of sp³-hybridized carbons (Fsp3) is 0.111. The number of rotatable bonds is 4. The number of nitrogens with one attached hydrogen (secondary N) is 1. The molecule has 0 fully saturated rings. The quantitative estimate of drug-likeness (QED) is 0.778. The summed E-state index contributed by atoms with van der Waals surface area (Å²) in [4.78, 5) is 12.3. The Labute approximate surface area is 134 Å². The van der Waals surface area contributed by atoms with Crippen molar-refractivity contribution in [1.82, 2.24) is 15.1 Å². The van der Waals surface area contributed by atoms with E-state index in [1.165, 1.54) is 10.9 Å². The van der Waals surface area contributed by atoms with Crippen molar-refractivity contribution in [3.05, 3.63) is 78.1 Å². The van der Waals surface area contributed by atoms with Crippen molar-refractivity contribution >= 4 is 5.91 Å². The Bertz CT molecular complexity index is 798. The molecule has 1 aromatic heterocycles. The van der Waals surface area contributed by atoms with Gasteiger partial charge in [-0.1, -0.05) is 48.5 Å². The molecule has 1 atom stereocenters. The average Bonchev–Trinajstić information content (AvgIpc) is 2.98. The van der Waals surface area contributed by atoms with Gasteiger partial charge in [-0.3, -0.25) is 4.79 Å². The van der Waals surface area contributed by atoms with E-state index >= 15 is 0 Å². The predicted octanol–water partition coefficient (Wildman–Crippen LogP) is 3.07. The second-order valence-electron chi connectivity index (χ2n) is 5.25. The number of carbonyl (C=O) groups is 1. The molecule has 0 bridgehead atoms. The molecule has 1 amide bonds. The maximum Gasteiger partial charge on any atom is 0.276 e. The third-order valence-corrected chi connectivity index (χ3v) is 3.58. The Morgan fingerprint density at radius 2 is 1.70 bits per heavy atom. The number of carbonyl (C=O) groups excluding carboxylic acids is 1. The van der Waals surface area contributed by atoms with Crippen molar-refractivity contribution in [2.75, 3.05) is 0 Å². The van der Waals surface area contributed by atoms with Crippen molar-refractivity contribution in [2.24, 2.45) is 0 Å². The Kier molecular flexibility index (Phi) is 4.10. The van der Waals surface area contributed by atoms with Gasteiger partial charge in [-0.25, -0.2) is 4.68 Å². The lowest BCUT2D eigenvalue weighted by Gasteiger charge is -2.13. The lowest BCUT2D eigenvalue weighted by molar-refractivity contribution is 0.0932. The molecule has 0 aliphatic rings. The van der Waals surface area contributed by atoms with Crippen LogP contribution < -0.4 is 5.32 Å². The molecule has 1 heterocycles. The molecular weight excluding hydrogens is 290 g/mol. The second-order valence-corrected chi connectivity index (χ2v) is 5.25. The summed E-state index contributed by atoms with van der Waals surface area (Å²) >= 11 is 0. The van der Waals surface area contributed by atoms with Crippen molar-refractivity contribution in [1.29, 1.82) is 0 Å². The number of hydrogen-bond donors (Lipinski definition) is 2. The van der Waals surface area contributed by atoms with E-state index in [2.05, 4.69) is 10.4 Å². The molecule has 0 aliphatic carbocycles. The first-order valence-electron chi connectivity index (χ1n) is 7.35. The number of nitrogens with zero attached hydrogens (tertiary/aromatic N) is 2. The van der Waals surface area contributed by atoms with Crippen LogP contribution in [0.5, 0.6) is 5.75 Å². The summed E-state index contributed by atoms with van der Waals surface area (Å²) in [5.41, 5.74) is 1.78. The Hall–Kier alpha value is -3.08. The molecule has 0 saturated heterocycles. The zero-order chi connectivity index (χ0) is 16.2. The minimum atomic E-state index is -0.409. The average molecular weight is 307 g/mol. The molecule has 0 spiro atoms. The first kappa shape index (κ1) is 14.8. The van der Waals surface area contributed by atoms with Crippen LogP contribution in [0.2, 0.25) is 0 Å². The molecule has 2 aromatic carbocycles. The highest BCUT2D eigenvalue weighted by molar-refractivity contribution is 5.95. The molecule has 23 heavy (non-hydrogen) atoms. The van der Waals surface area contributed by atoms with Crippen molar-refractivity contribution < 1.29 is 9.90 Å². The highest BCUT2D eigenvalue weighted by Crippen LogP contribution is 2.19. The van der Waals surface area contributed by atoms with Crippen LogP contribution in [0.4, 0.5) is 0 Å². The standard InChI is InChI=1S/C18H17N3O2/c1-13(14-8-4-2-5-9-14)19-18(23)17-16(22)12-21(20-17)15-10-6-3-7-11-15/h2-13,22H,1H3,(H,19,23). The minimum Gasteiger partial charge on any atom is -0.504 e. The number of hydrogen-bond acceptors (Lipinski definition) is 3. The topological polar surface area (TPSA) is 67.2 Å². The Morgan fingerprint density at radius 3 is 2.35 bits per heavy atom. The van der Waals surface area contributed by atoms with E-state index in [4.69, 9.17) is 0 Å². The van der Waals surface area contributed by atoms with Crippen LogP contribution in [-0.2, 0) is 0 Å². The summed E-state index contributed by atoms with van der Waals surface area (Å²) < 4.78 is 1.48. The SMILES string of the molecule is CC(NC(=O)c1nn(-c2ccccc2)cc1O)c1ccccc1. The van der Waals surface area contributed by atoms with Gasteiger partial charge in [-0.05, 0) is 24.6 Å². The van der Waals surface area contributed by atoms with Gasteiger partial charge in [0.1, 0.15) is 0 Å². The fourth-order valence-electron chi connectivity index (χ4n) is 2.33. The van der Waals surface area contributed by atoms with Crippen LogP contribution in [0.1, 0.15) is 29.0 Å². The smallest absolute Gasteiger partial charge is 0.276 e. The summed E-state index contributed by atoms with van der Waals surface area (Å²) in [7, 11) is 0. The molecule has 0 aliphatic heterocycles. The van der Waals surface area contributed by atoms with Crippen molar-refractivity contribution in [3.63, 3.8) is 0 Å². The van der Waals surface area contributed by atoms with Crippen molar-refractivity contribution in [3.8, 4) is 11.4 Å². The van der Waals surface area contributed by atoms with E-state index in [0.717, 1.165) is 11.3 Å². The lowest BCUT2D eigenvalue weighted by Crippen LogP contribution is -2.27. The van der Waals surface area contributed by atoms with Gasteiger partial charge in [0.25, 0.3) is 5.91 Å². The van der Waals surface area contributed by atoms with Crippen LogP contribution in [0.25, 0.3) is 5.69 Å². The number of para-hydroxylation sites is 1. The number of aromatic nitrogens is 2. The highest BCUT2D eigenvalue weighted by Gasteiger charge is 2.19. The summed E-state index contributed by atoms with van der Waals surface area (Å²) in [6, 6.07) is 18.8. The fourth-order valence-corrected chi connectivity index (χ4v) is 2.33. The number of aromatic hydroxyl groups is 1. The molecule has 5 heteroatoms. The number of amides is 1. The molecule has 0 saturated carbocycles. The Morgan fingerprint density at radius 1 is 1.09 bits per heavy atom. The van der Waals surface area contributed by atoms with Crippen LogP contribution in [0, 0.1) is 0 Å². The van der Waals surface area contributed by atoms with Gasteiger partial charge in [-0.2, -0.15) is 5.10 Å². The van der Waals surface area contributed by atoms with Gasteiger partial charge in [0.2, 0.25) is 0 Å². The molecule has 1 unspecified atom stereocenters. The third kappa shape index (κ3) is 3.23. The predicted molar refractivity (Wildman–Crippen MR) is 87.6 cm³/mol. The van der Waals surface area contributed by atoms with Crippen LogP contribution in [-0.4, -0.2) is 20.8 Å². The highest BCUT2D eigenvalue weighted by atomic mass is 16.3. The largest absolute Gasteiger partial charge is 0.504 e. The molecule has 0 radical (unpaired) electrons. The van der Waals surface area contributed by atoms with E-state index in [1.54, 1.807) is 0 Å². The van der Waals surface area contributed by atoms with Crippen LogP contribution in [0.3, 0.4) is 0 Å². The number of benzene rings is 2. The maximum atomic E-state index is 12.3. The second kappa shape index (κ2) is 6.36. The molecule has 3 rings (SSSR count). The summed E-state index contributed by atoms with van der Waals surface area (Å²) in [6.07, 6.45) is 1.43. The van der Waals surface area contributed by atoms with E-state index in [9.17, 15) is 9.90 Å². The lowest BCUT2D eigenvalue weighted by atomic mass is 10.1. The van der Waals surface area contributed by atoms with Crippen LogP contribution >= 0.6 is 0 Å². The van der Waals surface area contributed by atoms with Gasteiger partial charge in [0, 0.05) is 0 Å². The minimum absolute atomic E-state index is 0.0108. The first-order valence-corrected chi connectivity index (χ1v) is 7.35. The van der Waals surface area contributed by atoms with E-state index in [-0.39, 0.29) is 17.5 Å². The summed E-state index contributed by atoms with van der Waals surface area (Å²) in [5, 5.41) is 17.0. The molecule has 3 aromatic rings. The maximum absolute atomic E-state index is 12.3. The van der Waals surface area contributed by atoms with Gasteiger partial charge >= 0.3 is 0 Å². The summed E-state index contributed by atoms with van der Waals surface area (Å²) in [6.45, 7) is 1.89. The van der Waals surface area contributed by atoms with Gasteiger partial charge in [-0.15, -0.1) is 0 Å².